The number of phosphoric ester groups is 1. The number of hydrogen-bond donors (Lipinski definition) is 8. The summed E-state index contributed by atoms with van der Waals surface area (Å²) in [6.45, 7) is 9.39. The van der Waals surface area contributed by atoms with E-state index in [1.54, 1.807) is 4.57 Å². The average Bonchev–Trinajstić information content (AvgIpc) is 3.83. The van der Waals surface area contributed by atoms with Gasteiger partial charge in [-0.25, -0.2) is 9.55 Å². The predicted molar refractivity (Wildman–Crippen MR) is 207 cm³/mol. The smallest absolute Gasteiger partial charge is 0.394 e. The number of primary amides is 1. The first-order chi connectivity index (χ1) is 26.7. The number of aromatic nitrogens is 2. The maximum Gasteiger partial charge on any atom is 0.472 e. The summed E-state index contributed by atoms with van der Waals surface area (Å²) in [4.78, 5) is 94.8. The predicted octanol–water partition coefficient (Wildman–Crippen LogP) is -0.144. The molecule has 0 bridgehead atoms. The van der Waals surface area contributed by atoms with Gasteiger partial charge >= 0.3 is 7.82 Å². The molecule has 316 valence electrons. The summed E-state index contributed by atoms with van der Waals surface area (Å²) in [5.41, 5.74) is 5.85. The Hall–Kier alpha value is -4.88. The van der Waals surface area contributed by atoms with E-state index >= 15 is 0 Å². The number of phosphoric acid groups is 1. The van der Waals surface area contributed by atoms with Crippen LogP contribution in [0.2, 0.25) is 0 Å². The first-order valence-electron chi connectivity index (χ1n) is 18.5. The van der Waals surface area contributed by atoms with Crippen molar-refractivity contribution < 1.29 is 52.4 Å². The van der Waals surface area contributed by atoms with Crippen LogP contribution >= 0.6 is 7.82 Å². The summed E-state index contributed by atoms with van der Waals surface area (Å²) >= 11 is 0. The van der Waals surface area contributed by atoms with Gasteiger partial charge in [-0.05, 0) is 58.1 Å². The average molecular weight is 822 g/mol. The van der Waals surface area contributed by atoms with Gasteiger partial charge in [-0.2, -0.15) is 0 Å². The summed E-state index contributed by atoms with van der Waals surface area (Å²) in [5.74, 6) is -4.83. The van der Waals surface area contributed by atoms with Crippen molar-refractivity contribution in [2.24, 2.45) is 11.7 Å². The van der Waals surface area contributed by atoms with Crippen LogP contribution in [0.25, 0.3) is 0 Å². The Labute approximate surface area is 331 Å². The molecule has 0 radical (unpaired) electrons. The van der Waals surface area contributed by atoms with Crippen LogP contribution in [0.15, 0.2) is 42.9 Å². The van der Waals surface area contributed by atoms with Gasteiger partial charge in [0.05, 0.1) is 19.0 Å². The van der Waals surface area contributed by atoms with Crippen LogP contribution in [-0.2, 0) is 54.5 Å². The summed E-state index contributed by atoms with van der Waals surface area (Å²) in [5, 5.41) is 23.7. The molecular weight excluding hydrogens is 765 g/mol. The monoisotopic (exact) mass is 821 g/mol. The minimum Gasteiger partial charge on any atom is -0.394 e. The lowest BCUT2D eigenvalue weighted by atomic mass is 10.0. The number of imidazole rings is 1. The largest absolute Gasteiger partial charge is 0.472 e. The molecule has 1 aliphatic rings. The molecule has 9 N–H and O–H groups in total. The van der Waals surface area contributed by atoms with E-state index in [1.807, 2.05) is 58.0 Å². The van der Waals surface area contributed by atoms with Gasteiger partial charge in [0.15, 0.2) is 0 Å². The number of amides is 6. The second kappa shape index (κ2) is 20.5. The molecule has 0 saturated carbocycles. The fraction of sp³-hybridized carbons (Fsp3) is 0.583. The van der Waals surface area contributed by atoms with E-state index in [0.29, 0.717) is 25.1 Å². The molecule has 2 heterocycles. The van der Waals surface area contributed by atoms with Gasteiger partial charge in [0, 0.05) is 44.6 Å². The number of likely N-dealkylation sites (tertiary alicyclic amines) is 1. The number of rotatable bonds is 21. The fourth-order valence-electron chi connectivity index (χ4n) is 6.44. The highest BCUT2D eigenvalue weighted by atomic mass is 31.2. The van der Waals surface area contributed by atoms with E-state index < -0.39 is 85.9 Å². The molecule has 57 heavy (non-hydrogen) atoms. The van der Waals surface area contributed by atoms with Crippen molar-refractivity contribution in [2.75, 3.05) is 25.6 Å². The van der Waals surface area contributed by atoms with Gasteiger partial charge < -0.3 is 51.8 Å². The summed E-state index contributed by atoms with van der Waals surface area (Å²) in [6, 6.07) is 2.56. The van der Waals surface area contributed by atoms with Crippen molar-refractivity contribution in [2.45, 2.75) is 109 Å². The number of hydrogen-bond acceptors (Lipinski definition) is 12. The Morgan fingerprint density at radius 3 is 2.18 bits per heavy atom. The second-order valence-corrected chi connectivity index (χ2v) is 16.2. The topological polar surface area (TPSA) is 286 Å². The fourth-order valence-corrected chi connectivity index (χ4v) is 7.07. The summed E-state index contributed by atoms with van der Waals surface area (Å²) in [6.07, 6.45) is 2.56. The van der Waals surface area contributed by atoms with Crippen LogP contribution in [-0.4, -0.2) is 116 Å². The zero-order valence-electron chi connectivity index (χ0n) is 33.3. The van der Waals surface area contributed by atoms with Crippen LogP contribution in [0.4, 0.5) is 5.69 Å². The van der Waals surface area contributed by atoms with Crippen LogP contribution < -0.4 is 32.3 Å². The first-order valence-corrected chi connectivity index (χ1v) is 20.0. The molecule has 1 aliphatic heterocycles. The van der Waals surface area contributed by atoms with Crippen molar-refractivity contribution in [3.63, 3.8) is 0 Å². The number of para-hydroxylation sites is 1. The van der Waals surface area contributed by atoms with Crippen molar-refractivity contribution in [3.05, 3.63) is 48.5 Å². The molecule has 1 aromatic heterocycles. The maximum atomic E-state index is 14.1. The molecule has 6 amide bonds. The zero-order valence-corrected chi connectivity index (χ0v) is 34.2. The van der Waals surface area contributed by atoms with Gasteiger partial charge in [0.1, 0.15) is 35.9 Å². The van der Waals surface area contributed by atoms with E-state index in [1.165, 1.54) is 31.3 Å². The van der Waals surface area contributed by atoms with Crippen LogP contribution in [0.1, 0.15) is 66.5 Å². The van der Waals surface area contributed by atoms with E-state index in [-0.39, 0.29) is 24.7 Å². The highest BCUT2D eigenvalue weighted by Gasteiger charge is 2.38. The van der Waals surface area contributed by atoms with Crippen molar-refractivity contribution >= 4 is 49.0 Å². The van der Waals surface area contributed by atoms with Crippen molar-refractivity contribution in [1.29, 1.82) is 0 Å². The molecule has 2 aromatic rings. The first kappa shape index (κ1) is 46.5. The number of benzene rings is 1. The highest BCUT2D eigenvalue weighted by Crippen LogP contribution is 2.43. The quantitative estimate of drug-likeness (QED) is 0.0762. The van der Waals surface area contributed by atoms with Gasteiger partial charge in [0.25, 0.3) is 0 Å². The maximum absolute atomic E-state index is 14.1. The number of nitrogens with zero attached hydrogens (tertiary/aromatic N) is 3. The molecule has 21 heteroatoms. The van der Waals surface area contributed by atoms with Gasteiger partial charge in [0.2, 0.25) is 35.4 Å². The number of aliphatic hydroxyl groups is 1. The number of carbonyl (C=O) groups is 6. The highest BCUT2D eigenvalue weighted by molar-refractivity contribution is 7.47. The van der Waals surface area contributed by atoms with Gasteiger partial charge in [-0.1, -0.05) is 32.0 Å². The molecule has 20 nitrogen and oxygen atoms in total. The Morgan fingerprint density at radius 1 is 0.982 bits per heavy atom. The molecular formula is C36H56N9O11P. The number of nitrogens with one attached hydrogen (secondary N) is 5. The Balaban J connectivity index is 1.94. The lowest BCUT2D eigenvalue weighted by Crippen LogP contribution is -2.61. The van der Waals surface area contributed by atoms with Crippen LogP contribution in [0, 0.1) is 5.92 Å². The van der Waals surface area contributed by atoms with E-state index in [4.69, 9.17) is 10.3 Å². The third kappa shape index (κ3) is 13.3. The van der Waals surface area contributed by atoms with Crippen LogP contribution in [0.3, 0.4) is 0 Å². The Kier molecular flexibility index (Phi) is 16.7. The number of anilines is 1. The minimum atomic E-state index is -4.62. The lowest BCUT2D eigenvalue weighted by molar-refractivity contribution is -0.139. The molecule has 7 atom stereocenters. The molecule has 1 aromatic carbocycles. The van der Waals surface area contributed by atoms with Crippen molar-refractivity contribution in [1.82, 2.24) is 35.7 Å². The SMILES string of the molecule is COP(=O)(O)OC(C)C(NC(=O)C(CO)NC(=O)C(Cc1cncn1C(C)(C)Nc1ccccc1)NC(=O)C(CC(C)C)NC(=O)C1CCCN1C(C)=O)C(N)=O. The zero-order chi connectivity index (χ0) is 42.7. The van der Waals surface area contributed by atoms with E-state index in [2.05, 4.69) is 36.1 Å². The van der Waals surface area contributed by atoms with Crippen LogP contribution in [0.5, 0.6) is 0 Å². The molecule has 3 rings (SSSR count). The lowest BCUT2D eigenvalue weighted by Gasteiger charge is -2.32. The third-order valence-corrected chi connectivity index (χ3v) is 10.4. The molecule has 0 spiro atoms. The Bertz CT molecular complexity index is 1770. The number of aliphatic hydroxyl groups excluding tert-OH is 1. The molecule has 7 unspecified atom stereocenters. The second-order valence-electron chi connectivity index (χ2n) is 14.7. The molecule has 1 fully saturated rings. The summed E-state index contributed by atoms with van der Waals surface area (Å²) < 4.78 is 22.9. The summed E-state index contributed by atoms with van der Waals surface area (Å²) in [7, 11) is -3.73. The minimum absolute atomic E-state index is 0.0947. The van der Waals surface area contributed by atoms with E-state index in [9.17, 15) is 43.3 Å². The van der Waals surface area contributed by atoms with Gasteiger partial charge in [-0.3, -0.25) is 37.8 Å². The molecule has 1 saturated heterocycles. The molecule has 0 aliphatic carbocycles. The number of nitrogens with two attached hydrogens (primary N) is 1. The van der Waals surface area contributed by atoms with Gasteiger partial charge in [-0.15, -0.1) is 0 Å². The standard InChI is InChI=1S/C36H56N9O11P/c1-21(2)16-26(40-35(52)29-14-11-15-44(29)23(4)47)32(49)39-27(17-25-18-38-20-45(25)36(5,6)43-24-12-9-8-10-13-24)33(50)41-28(19-46)34(51)42-30(31(37)48)22(3)56-57(53,54)55-7/h8-10,12-13,18,20-22,26-30,43,46H,11,14-17,19H2,1-7H3,(H2,37,48)(H,39,49)(H,40,52)(H,41,50)(H,42,51)(H,53,54). The third-order valence-electron chi connectivity index (χ3n) is 9.31. The van der Waals surface area contributed by atoms with Crippen molar-refractivity contribution in [3.8, 4) is 0 Å². The normalized spacial score (nSPS) is 18.0. The number of carbonyl (C=O) groups excluding carboxylic acids is 6. The van der Waals surface area contributed by atoms with E-state index in [0.717, 1.165) is 12.8 Å². The Morgan fingerprint density at radius 2 is 1.60 bits per heavy atom.